The van der Waals surface area contributed by atoms with Gasteiger partial charge in [0.15, 0.2) is 11.2 Å². The molecule has 0 fully saturated rings. The number of nitrogens with zero attached hydrogens (tertiary/aromatic N) is 4. The zero-order valence-electron chi connectivity index (χ0n) is 16.4. The minimum atomic E-state index is -0.639. The summed E-state index contributed by atoms with van der Waals surface area (Å²) in [6.07, 6.45) is 1.73. The monoisotopic (exact) mass is 409 g/mol. The molecule has 0 saturated heterocycles. The number of nitrogens with one attached hydrogen (secondary N) is 1. The molecule has 154 valence electrons. The van der Waals surface area contributed by atoms with Crippen molar-refractivity contribution in [1.29, 1.82) is 0 Å². The number of rotatable bonds is 5. The summed E-state index contributed by atoms with van der Waals surface area (Å²) in [5.41, 5.74) is 0.00829. The Kier molecular flexibility index (Phi) is 4.82. The maximum Gasteiger partial charge on any atom is 0.339 e. The van der Waals surface area contributed by atoms with E-state index in [9.17, 15) is 19.2 Å². The van der Waals surface area contributed by atoms with Gasteiger partial charge in [0.25, 0.3) is 5.56 Å². The first-order chi connectivity index (χ1) is 14.4. The van der Waals surface area contributed by atoms with Crippen LogP contribution in [-0.2, 0) is 25.4 Å². The molecule has 1 aromatic carbocycles. The maximum absolute atomic E-state index is 12.7. The Hall–Kier alpha value is -3.95. The Balaban J connectivity index is 1.51. The predicted molar refractivity (Wildman–Crippen MR) is 110 cm³/mol. The van der Waals surface area contributed by atoms with Gasteiger partial charge in [-0.2, -0.15) is 0 Å². The van der Waals surface area contributed by atoms with Crippen LogP contribution >= 0.6 is 0 Å². The molecule has 3 aromatic heterocycles. The second-order valence-electron chi connectivity index (χ2n) is 6.91. The van der Waals surface area contributed by atoms with Crippen LogP contribution in [0.3, 0.4) is 0 Å². The summed E-state index contributed by atoms with van der Waals surface area (Å²) in [6.45, 7) is 0.0645. The molecule has 10 nitrogen and oxygen atoms in total. The number of hydrogen-bond donors (Lipinski definition) is 1. The summed E-state index contributed by atoms with van der Waals surface area (Å²) < 4.78 is 9.26. The lowest BCUT2D eigenvalue weighted by Crippen LogP contribution is -2.39. The SMILES string of the molecule is Cn1cnc2c1c(=O)n(CCCOC(=O)c1cc(=O)[nH]c3ccccc13)c(=O)n2C. The molecule has 0 amide bonds. The third-order valence-corrected chi connectivity index (χ3v) is 4.93. The van der Waals surface area contributed by atoms with E-state index in [1.807, 2.05) is 0 Å². The number of imidazole rings is 1. The fourth-order valence-corrected chi connectivity index (χ4v) is 3.43. The van der Waals surface area contributed by atoms with Gasteiger partial charge >= 0.3 is 11.7 Å². The number of esters is 1. The molecule has 4 rings (SSSR count). The van der Waals surface area contributed by atoms with Crippen LogP contribution in [0, 0.1) is 0 Å². The summed E-state index contributed by atoms with van der Waals surface area (Å²) in [7, 11) is 3.23. The molecule has 0 spiro atoms. The fraction of sp³-hybridized carbons (Fsp3) is 0.250. The number of hydrogen-bond acceptors (Lipinski definition) is 6. The smallest absolute Gasteiger partial charge is 0.339 e. The third kappa shape index (κ3) is 3.21. The molecular weight excluding hydrogens is 390 g/mol. The summed E-state index contributed by atoms with van der Waals surface area (Å²) in [5, 5.41) is 0.578. The van der Waals surface area contributed by atoms with Crippen LogP contribution in [0.4, 0.5) is 0 Å². The normalized spacial score (nSPS) is 11.3. The van der Waals surface area contributed by atoms with E-state index in [1.165, 1.54) is 17.0 Å². The number of benzene rings is 1. The van der Waals surface area contributed by atoms with E-state index in [-0.39, 0.29) is 25.1 Å². The van der Waals surface area contributed by atoms with E-state index in [0.717, 1.165) is 4.57 Å². The lowest BCUT2D eigenvalue weighted by atomic mass is 10.1. The summed E-state index contributed by atoms with van der Waals surface area (Å²) >= 11 is 0. The van der Waals surface area contributed by atoms with E-state index < -0.39 is 22.8 Å². The quantitative estimate of drug-likeness (QED) is 0.379. The number of ether oxygens (including phenoxy) is 1. The van der Waals surface area contributed by atoms with E-state index in [4.69, 9.17) is 4.74 Å². The number of para-hydroxylation sites is 1. The molecule has 1 N–H and O–H groups in total. The van der Waals surface area contributed by atoms with Gasteiger partial charge in [0, 0.05) is 37.6 Å². The zero-order valence-corrected chi connectivity index (χ0v) is 16.4. The molecule has 10 heteroatoms. The van der Waals surface area contributed by atoms with Gasteiger partial charge in [0.05, 0.1) is 18.5 Å². The summed E-state index contributed by atoms with van der Waals surface area (Å²) in [5.74, 6) is -0.639. The molecule has 0 unspecified atom stereocenters. The van der Waals surface area contributed by atoms with Crippen molar-refractivity contribution in [2.24, 2.45) is 14.1 Å². The van der Waals surface area contributed by atoms with Crippen molar-refractivity contribution in [1.82, 2.24) is 23.7 Å². The molecule has 0 saturated carbocycles. The topological polar surface area (TPSA) is 121 Å². The molecule has 0 aliphatic rings. The van der Waals surface area contributed by atoms with Crippen molar-refractivity contribution in [2.45, 2.75) is 13.0 Å². The van der Waals surface area contributed by atoms with Crippen LogP contribution < -0.4 is 16.8 Å². The van der Waals surface area contributed by atoms with Crippen molar-refractivity contribution in [3.05, 3.63) is 73.4 Å². The average Bonchev–Trinajstić information content (AvgIpc) is 3.12. The Morgan fingerprint density at radius 2 is 1.93 bits per heavy atom. The van der Waals surface area contributed by atoms with Gasteiger partial charge < -0.3 is 14.3 Å². The van der Waals surface area contributed by atoms with Gasteiger partial charge in [-0.15, -0.1) is 0 Å². The fourth-order valence-electron chi connectivity index (χ4n) is 3.43. The highest BCUT2D eigenvalue weighted by Gasteiger charge is 2.16. The van der Waals surface area contributed by atoms with E-state index in [0.29, 0.717) is 22.1 Å². The number of aromatic amines is 1. The number of carbonyl (C=O) groups is 1. The largest absolute Gasteiger partial charge is 0.462 e. The van der Waals surface area contributed by atoms with Crippen LogP contribution in [0.15, 0.2) is 51.0 Å². The van der Waals surface area contributed by atoms with Crippen LogP contribution in [-0.4, -0.2) is 36.2 Å². The average molecular weight is 409 g/mol. The zero-order chi connectivity index (χ0) is 21.4. The molecule has 30 heavy (non-hydrogen) atoms. The van der Waals surface area contributed by atoms with E-state index >= 15 is 0 Å². The second kappa shape index (κ2) is 7.47. The highest BCUT2D eigenvalue weighted by Crippen LogP contribution is 2.15. The number of carbonyl (C=O) groups excluding carboxylic acids is 1. The van der Waals surface area contributed by atoms with E-state index in [2.05, 4.69) is 9.97 Å². The van der Waals surface area contributed by atoms with Gasteiger partial charge in [0.1, 0.15) is 0 Å². The van der Waals surface area contributed by atoms with Crippen molar-refractivity contribution >= 4 is 28.0 Å². The number of aryl methyl sites for hydroxylation is 2. The summed E-state index contributed by atoms with van der Waals surface area (Å²) in [6, 6.07) is 8.12. The van der Waals surface area contributed by atoms with Gasteiger partial charge in [-0.05, 0) is 12.5 Å². The molecule has 0 radical (unpaired) electrons. The molecule has 3 heterocycles. The van der Waals surface area contributed by atoms with Crippen molar-refractivity contribution in [3.8, 4) is 0 Å². The minimum absolute atomic E-state index is 0.0149. The maximum atomic E-state index is 12.7. The van der Waals surface area contributed by atoms with Crippen LogP contribution in [0.5, 0.6) is 0 Å². The molecule has 0 aliphatic carbocycles. The predicted octanol–water partition coefficient (Wildman–Crippen LogP) is 0.522. The number of pyridine rings is 1. The Labute approximate surface area is 169 Å². The Morgan fingerprint density at radius 3 is 2.73 bits per heavy atom. The first-order valence-corrected chi connectivity index (χ1v) is 9.28. The minimum Gasteiger partial charge on any atom is -0.462 e. The highest BCUT2D eigenvalue weighted by molar-refractivity contribution is 6.03. The first-order valence-electron chi connectivity index (χ1n) is 9.28. The number of aromatic nitrogens is 5. The second-order valence-corrected chi connectivity index (χ2v) is 6.91. The molecule has 4 aromatic rings. The Bertz CT molecular complexity index is 1460. The lowest BCUT2D eigenvalue weighted by Gasteiger charge is -2.10. The lowest BCUT2D eigenvalue weighted by molar-refractivity contribution is 0.0497. The van der Waals surface area contributed by atoms with Crippen molar-refractivity contribution in [2.75, 3.05) is 6.61 Å². The van der Waals surface area contributed by atoms with Gasteiger partial charge in [-0.1, -0.05) is 18.2 Å². The third-order valence-electron chi connectivity index (χ3n) is 4.93. The highest BCUT2D eigenvalue weighted by atomic mass is 16.5. The first kappa shape index (κ1) is 19.4. The van der Waals surface area contributed by atoms with Gasteiger partial charge in [-0.25, -0.2) is 14.6 Å². The number of H-pyrrole nitrogens is 1. The van der Waals surface area contributed by atoms with Crippen LogP contribution in [0.2, 0.25) is 0 Å². The number of fused-ring (bicyclic) bond motifs is 2. The molecule has 0 aliphatic heterocycles. The van der Waals surface area contributed by atoms with E-state index in [1.54, 1.807) is 42.9 Å². The van der Waals surface area contributed by atoms with Crippen LogP contribution in [0.25, 0.3) is 22.1 Å². The standard InChI is InChI=1S/C20H19N5O5/c1-23-11-21-17-16(23)18(27)25(20(29)24(17)2)8-5-9-30-19(28)13-10-15(26)22-14-7-4-3-6-12(13)14/h3-4,6-7,10-11H,5,8-9H2,1-2H3,(H,22,26). The summed E-state index contributed by atoms with van der Waals surface area (Å²) in [4.78, 5) is 56.2. The van der Waals surface area contributed by atoms with Gasteiger partial charge in [-0.3, -0.25) is 18.7 Å². The van der Waals surface area contributed by atoms with Crippen LogP contribution in [0.1, 0.15) is 16.8 Å². The molecular formula is C20H19N5O5. The Morgan fingerprint density at radius 1 is 1.17 bits per heavy atom. The molecule has 0 bridgehead atoms. The van der Waals surface area contributed by atoms with Crippen molar-refractivity contribution < 1.29 is 9.53 Å². The van der Waals surface area contributed by atoms with Crippen molar-refractivity contribution in [3.63, 3.8) is 0 Å². The van der Waals surface area contributed by atoms with Gasteiger partial charge in [0.2, 0.25) is 5.56 Å². The molecule has 0 atom stereocenters.